The molecule has 2 heterocycles. The molecule has 0 amide bonds. The fraction of sp³-hybridized carbons (Fsp3) is 0.222. The van der Waals surface area contributed by atoms with Crippen LogP contribution in [0.25, 0.3) is 0 Å². The molecule has 0 aliphatic carbocycles. The maximum atomic E-state index is 11.6. The summed E-state index contributed by atoms with van der Waals surface area (Å²) in [5, 5.41) is 22.3. The first kappa shape index (κ1) is 34.6. The Kier molecular flexibility index (Phi) is 17.4. The van der Waals surface area contributed by atoms with Crippen molar-refractivity contribution in [1.29, 1.82) is 0 Å². The maximum Gasteiger partial charge on any atom is 2.00 e. The number of allylic oxidation sites excluding steroid dienone is 4. The van der Waals surface area contributed by atoms with Crippen LogP contribution in [0.5, 0.6) is 12.0 Å². The third kappa shape index (κ3) is 8.80. The largest absolute Gasteiger partial charge is 2.00 e. The minimum atomic E-state index is -0.856. The molecule has 176 valence electrons. The molecule has 0 unspecified atom stereocenters. The summed E-state index contributed by atoms with van der Waals surface area (Å²) in [5.41, 5.74) is -3.10. The Balaban J connectivity index is -0.000000500. The zero-order chi connectivity index (χ0) is 22.8. The molecule has 12 nitrogen and oxygen atoms in total. The van der Waals surface area contributed by atoms with Gasteiger partial charge in [-0.1, -0.05) is 24.3 Å². The first-order valence-corrected chi connectivity index (χ1v) is 8.44. The fourth-order valence-corrected chi connectivity index (χ4v) is 2.16. The van der Waals surface area contributed by atoms with E-state index < -0.39 is 34.8 Å². The van der Waals surface area contributed by atoms with Crippen LogP contribution in [0.1, 0.15) is 0 Å². The van der Waals surface area contributed by atoms with E-state index in [0.29, 0.717) is 0 Å². The van der Waals surface area contributed by atoms with Crippen LogP contribution in [0.3, 0.4) is 0 Å². The van der Waals surface area contributed by atoms with Gasteiger partial charge in [-0.15, -0.1) is 51.1 Å². The Bertz CT molecular complexity index is 1110. The van der Waals surface area contributed by atoms with Crippen molar-refractivity contribution >= 4 is 24.8 Å². The molecule has 0 aliphatic rings. The van der Waals surface area contributed by atoms with E-state index in [9.17, 15) is 29.4 Å². The molecule has 0 atom stereocenters. The molecule has 0 radical (unpaired) electrons. The van der Waals surface area contributed by atoms with E-state index in [1.807, 2.05) is 0 Å². The topological polar surface area (TPSA) is 160 Å². The second-order valence-corrected chi connectivity index (χ2v) is 5.52. The second-order valence-electron chi connectivity index (χ2n) is 5.52. The molecule has 0 fully saturated rings. The Morgan fingerprint density at radius 3 is 1.09 bits per heavy atom. The molecule has 0 spiro atoms. The molecular weight excluding hydrogens is 533 g/mol. The minimum Gasteiger partial charge on any atom is -0.845 e. The van der Waals surface area contributed by atoms with E-state index >= 15 is 0 Å². The van der Waals surface area contributed by atoms with Crippen LogP contribution in [0.4, 0.5) is 0 Å². The number of rotatable bonds is 8. The van der Waals surface area contributed by atoms with E-state index in [0.717, 1.165) is 18.3 Å². The zero-order valence-electron chi connectivity index (χ0n) is 17.6. The quantitative estimate of drug-likeness (QED) is 0.283. The minimum absolute atomic E-state index is 0. The van der Waals surface area contributed by atoms with Gasteiger partial charge in [-0.25, -0.2) is 28.3 Å². The zero-order valence-corrected chi connectivity index (χ0v) is 22.2. The number of hydrogen-bond donors (Lipinski definition) is 0. The average molecular weight is 555 g/mol. The van der Waals surface area contributed by atoms with Gasteiger partial charge in [-0.2, -0.15) is 9.97 Å². The maximum absolute atomic E-state index is 11.6. The van der Waals surface area contributed by atoms with Crippen LogP contribution in [-0.4, -0.2) is 28.2 Å². The molecule has 2 rings (SSSR count). The number of aromatic nitrogens is 6. The van der Waals surface area contributed by atoms with Gasteiger partial charge in [0.05, 0.1) is 25.1 Å². The predicted molar refractivity (Wildman–Crippen MR) is 120 cm³/mol. The van der Waals surface area contributed by atoms with Crippen molar-refractivity contribution in [3.8, 4) is 12.0 Å². The fourth-order valence-electron chi connectivity index (χ4n) is 2.16. The van der Waals surface area contributed by atoms with Crippen LogP contribution in [0, 0.1) is 0 Å². The third-order valence-corrected chi connectivity index (χ3v) is 3.48. The predicted octanol–water partition coefficient (Wildman–Crippen LogP) is -1.46. The van der Waals surface area contributed by atoms with Crippen LogP contribution >= 0.6 is 24.8 Å². The summed E-state index contributed by atoms with van der Waals surface area (Å²) in [4.78, 5) is 51.9. The Hall–Kier alpha value is -3.02. The van der Waals surface area contributed by atoms with E-state index in [1.165, 1.54) is 24.3 Å². The standard InChI is InChI=1S/2C9H11N3O3.2ClH.Zn/c2*1-3-5-11-7(13)10-8(14)12(6-4-2)9(11)15;;;/h2*3-4H,1-2,5-6H2,(H,10,13,14);2*1H;/q;;;;+2/p-2. The Morgan fingerprint density at radius 1 is 0.606 bits per heavy atom. The summed E-state index contributed by atoms with van der Waals surface area (Å²) in [5.74, 6) is 0. The van der Waals surface area contributed by atoms with E-state index in [2.05, 4.69) is 36.3 Å². The molecule has 0 aromatic carbocycles. The van der Waals surface area contributed by atoms with Gasteiger partial charge in [0.15, 0.2) is 0 Å². The summed E-state index contributed by atoms with van der Waals surface area (Å²) in [6.07, 6.45) is 5.53. The van der Waals surface area contributed by atoms with Gasteiger partial charge >= 0.3 is 42.2 Å². The normalized spacial score (nSPS) is 8.97. The van der Waals surface area contributed by atoms with Crippen LogP contribution in [0.15, 0.2) is 69.8 Å². The summed E-state index contributed by atoms with van der Waals surface area (Å²) < 4.78 is 3.32. The monoisotopic (exact) mass is 552 g/mol. The van der Waals surface area contributed by atoms with Crippen molar-refractivity contribution in [2.45, 2.75) is 26.2 Å². The van der Waals surface area contributed by atoms with E-state index in [1.54, 1.807) is 0 Å². The van der Waals surface area contributed by atoms with E-state index in [4.69, 9.17) is 0 Å². The molecular formula is C18H22Cl2N6O6Zn. The summed E-state index contributed by atoms with van der Waals surface area (Å²) in [6, 6.07) is -1.71. The van der Waals surface area contributed by atoms with Crippen molar-refractivity contribution in [3.63, 3.8) is 0 Å². The first-order chi connectivity index (χ1) is 14.2. The van der Waals surface area contributed by atoms with Crippen LogP contribution in [-0.2, 0) is 45.7 Å². The Labute approximate surface area is 213 Å². The van der Waals surface area contributed by atoms with Gasteiger partial charge in [0, 0.05) is 13.1 Å². The molecule has 33 heavy (non-hydrogen) atoms. The summed E-state index contributed by atoms with van der Waals surface area (Å²) in [7, 11) is 0. The van der Waals surface area contributed by atoms with Crippen molar-refractivity contribution in [2.75, 3.05) is 0 Å². The van der Waals surface area contributed by atoms with Crippen LogP contribution < -0.4 is 33.0 Å². The second kappa shape index (κ2) is 16.6. The number of halogens is 2. The van der Waals surface area contributed by atoms with Gasteiger partial charge in [0.2, 0.25) is 0 Å². The first-order valence-electron chi connectivity index (χ1n) is 8.44. The number of nitrogens with zero attached hydrogens (tertiary/aromatic N) is 6. The number of hydrogen-bond acceptors (Lipinski definition) is 8. The van der Waals surface area contributed by atoms with Crippen molar-refractivity contribution < 1.29 is 29.7 Å². The van der Waals surface area contributed by atoms with Crippen LogP contribution in [0.2, 0.25) is 0 Å². The molecule has 0 bridgehead atoms. The van der Waals surface area contributed by atoms with E-state index in [-0.39, 0.29) is 70.5 Å². The van der Waals surface area contributed by atoms with Gasteiger partial charge in [0.25, 0.3) is 0 Å². The molecule has 2 aromatic rings. The van der Waals surface area contributed by atoms with Crippen molar-refractivity contribution in [2.24, 2.45) is 0 Å². The SMILES string of the molecule is C=CCn1c([O-])nc(=O)n(CC=C)c1=O.C=CCn1c([O-])nc(=O)n(CC=C)c1=O.Cl.Cl.[Zn+2]. The molecule has 0 saturated heterocycles. The molecule has 0 saturated carbocycles. The van der Waals surface area contributed by atoms with Gasteiger partial charge in [0.1, 0.15) is 0 Å². The smallest absolute Gasteiger partial charge is 0.845 e. The summed E-state index contributed by atoms with van der Waals surface area (Å²) in [6.45, 7) is 13.7. The third-order valence-electron chi connectivity index (χ3n) is 3.48. The van der Waals surface area contributed by atoms with Gasteiger partial charge < -0.3 is 10.2 Å². The Morgan fingerprint density at radius 2 is 0.848 bits per heavy atom. The van der Waals surface area contributed by atoms with Gasteiger partial charge in [-0.3, -0.25) is 9.13 Å². The van der Waals surface area contributed by atoms with Crippen molar-refractivity contribution in [1.82, 2.24) is 28.2 Å². The average Bonchev–Trinajstić information content (AvgIpc) is 2.69. The summed E-state index contributed by atoms with van der Waals surface area (Å²) >= 11 is 0. The van der Waals surface area contributed by atoms with Crippen molar-refractivity contribution in [3.05, 3.63) is 92.6 Å². The molecule has 0 aliphatic heterocycles. The molecule has 2 aromatic heterocycles. The molecule has 0 N–H and O–H groups in total. The molecule has 15 heteroatoms. The van der Waals surface area contributed by atoms with Gasteiger partial charge in [-0.05, 0) is 0 Å².